The molecule has 28 heavy (non-hydrogen) atoms. The molecule has 8 heteroatoms. The summed E-state index contributed by atoms with van der Waals surface area (Å²) in [6.07, 6.45) is 10.6. The summed E-state index contributed by atoms with van der Waals surface area (Å²) in [6, 6.07) is 4.21. The molecular formula is C20H25N7O. The highest BCUT2D eigenvalue weighted by molar-refractivity contribution is 5.77. The molecule has 3 saturated heterocycles. The highest BCUT2D eigenvalue weighted by Crippen LogP contribution is 2.34. The van der Waals surface area contributed by atoms with Crippen LogP contribution >= 0.6 is 0 Å². The Morgan fingerprint density at radius 3 is 2.61 bits per heavy atom. The zero-order valence-electron chi connectivity index (χ0n) is 15.9. The van der Waals surface area contributed by atoms with E-state index in [0.717, 1.165) is 61.9 Å². The number of piperidine rings is 1. The topological polar surface area (TPSA) is 74.6 Å². The Labute approximate surface area is 163 Å². The third-order valence-corrected chi connectivity index (χ3v) is 6.26. The third-order valence-electron chi connectivity index (χ3n) is 6.26. The molecule has 0 aromatic carbocycles. The maximum Gasteiger partial charge on any atom is 0.182 e. The van der Waals surface area contributed by atoms with E-state index in [1.807, 2.05) is 23.0 Å². The summed E-state index contributed by atoms with van der Waals surface area (Å²) in [5.41, 5.74) is 3.11. The molecule has 0 amide bonds. The van der Waals surface area contributed by atoms with Crippen molar-refractivity contribution in [3.8, 4) is 11.5 Å². The second-order valence-electron chi connectivity index (χ2n) is 8.14. The third kappa shape index (κ3) is 2.66. The van der Waals surface area contributed by atoms with Gasteiger partial charge in [0.1, 0.15) is 11.2 Å². The number of nitrogens with zero attached hydrogens (tertiary/aromatic N) is 6. The lowest BCUT2D eigenvalue weighted by molar-refractivity contribution is 0.0301. The van der Waals surface area contributed by atoms with Crippen molar-refractivity contribution in [2.45, 2.75) is 44.3 Å². The van der Waals surface area contributed by atoms with E-state index in [9.17, 15) is 0 Å². The van der Waals surface area contributed by atoms with Crippen LogP contribution in [0.1, 0.15) is 32.1 Å². The summed E-state index contributed by atoms with van der Waals surface area (Å²) in [7, 11) is 0. The molecule has 3 fully saturated rings. The van der Waals surface area contributed by atoms with Gasteiger partial charge < -0.3 is 14.5 Å². The summed E-state index contributed by atoms with van der Waals surface area (Å²) in [5.74, 6) is 1.80. The summed E-state index contributed by atoms with van der Waals surface area (Å²) >= 11 is 0. The van der Waals surface area contributed by atoms with Crippen LogP contribution in [-0.4, -0.2) is 63.2 Å². The lowest BCUT2D eigenvalue weighted by Crippen LogP contribution is -2.43. The Kier molecular flexibility index (Phi) is 3.78. The van der Waals surface area contributed by atoms with Crippen molar-refractivity contribution in [2.24, 2.45) is 0 Å². The molecule has 146 valence electrons. The second kappa shape index (κ2) is 6.48. The van der Waals surface area contributed by atoms with Gasteiger partial charge in [-0.3, -0.25) is 5.10 Å². The molecule has 3 aliphatic rings. The van der Waals surface area contributed by atoms with Crippen LogP contribution in [0.15, 0.2) is 24.5 Å². The second-order valence-corrected chi connectivity index (χ2v) is 8.14. The molecule has 1 N–H and O–H groups in total. The van der Waals surface area contributed by atoms with Gasteiger partial charge in [0.25, 0.3) is 0 Å². The van der Waals surface area contributed by atoms with E-state index in [-0.39, 0.29) is 0 Å². The van der Waals surface area contributed by atoms with Crippen LogP contribution in [0.2, 0.25) is 0 Å². The van der Waals surface area contributed by atoms with Gasteiger partial charge in [0.05, 0.1) is 24.1 Å². The molecule has 0 saturated carbocycles. The Balaban J connectivity index is 1.48. The van der Waals surface area contributed by atoms with E-state index in [2.05, 4.69) is 31.0 Å². The highest BCUT2D eigenvalue weighted by atomic mass is 16.5. The molecule has 6 rings (SSSR count). The first kappa shape index (κ1) is 16.4. The minimum absolute atomic E-state index is 0.336. The van der Waals surface area contributed by atoms with Crippen molar-refractivity contribution >= 4 is 17.0 Å². The number of fused-ring (bicyclic) bond motifs is 3. The molecule has 0 spiro atoms. The Morgan fingerprint density at radius 2 is 1.86 bits per heavy atom. The zero-order chi connectivity index (χ0) is 18.5. The number of aromatic amines is 1. The van der Waals surface area contributed by atoms with Crippen LogP contribution < -0.4 is 9.80 Å². The van der Waals surface area contributed by atoms with Crippen molar-refractivity contribution in [3.05, 3.63) is 24.5 Å². The largest absolute Gasteiger partial charge is 0.371 e. The average Bonchev–Trinajstić information content (AvgIpc) is 3.47. The number of rotatable bonds is 3. The van der Waals surface area contributed by atoms with Crippen molar-refractivity contribution in [1.29, 1.82) is 0 Å². The van der Waals surface area contributed by atoms with Gasteiger partial charge >= 0.3 is 0 Å². The van der Waals surface area contributed by atoms with Crippen LogP contribution in [0.3, 0.4) is 0 Å². The van der Waals surface area contributed by atoms with E-state index in [0.29, 0.717) is 12.2 Å². The Morgan fingerprint density at radius 1 is 1.04 bits per heavy atom. The van der Waals surface area contributed by atoms with Gasteiger partial charge in [-0.1, -0.05) is 0 Å². The quantitative estimate of drug-likeness (QED) is 0.754. The molecule has 2 unspecified atom stereocenters. The minimum Gasteiger partial charge on any atom is -0.371 e. The number of H-pyrrole nitrogens is 1. The van der Waals surface area contributed by atoms with Crippen molar-refractivity contribution in [3.63, 3.8) is 0 Å². The zero-order valence-corrected chi connectivity index (χ0v) is 15.9. The van der Waals surface area contributed by atoms with Gasteiger partial charge in [-0.05, 0) is 38.2 Å². The van der Waals surface area contributed by atoms with Gasteiger partial charge in [-0.15, -0.1) is 5.10 Å². The molecule has 2 atom stereocenters. The highest BCUT2D eigenvalue weighted by Gasteiger charge is 2.35. The first-order valence-electron chi connectivity index (χ1n) is 10.4. The van der Waals surface area contributed by atoms with E-state index in [4.69, 9.17) is 9.84 Å². The Bertz CT molecular complexity index is 964. The molecule has 8 nitrogen and oxygen atoms in total. The van der Waals surface area contributed by atoms with Gasteiger partial charge in [-0.25, -0.2) is 9.50 Å². The standard InChI is InChI=1S/C20H25N7O/c1-2-8-25(9-3-1)17-10-19(26-12-14-4-5-15(13-26)28-14)24-27-18(17)11-21-20(27)16-6-7-22-23-16/h6-7,10-11,14-15H,1-5,8-9,12-13H2,(H,22,23). The minimum atomic E-state index is 0.336. The number of ether oxygens (including phenoxy) is 1. The summed E-state index contributed by atoms with van der Waals surface area (Å²) in [5, 5.41) is 12.2. The maximum atomic E-state index is 6.04. The molecule has 3 aliphatic heterocycles. The average molecular weight is 379 g/mol. The summed E-state index contributed by atoms with van der Waals surface area (Å²) in [4.78, 5) is 9.56. The van der Waals surface area contributed by atoms with Crippen LogP contribution in [-0.2, 0) is 4.74 Å². The fourth-order valence-corrected chi connectivity index (χ4v) is 4.85. The number of morpholine rings is 1. The predicted octanol–water partition coefficient (Wildman–Crippen LogP) is 2.48. The normalized spacial score (nSPS) is 25.0. The number of hydrogen-bond donors (Lipinski definition) is 1. The van der Waals surface area contributed by atoms with E-state index in [1.54, 1.807) is 0 Å². The van der Waals surface area contributed by atoms with Gasteiger partial charge in [-0.2, -0.15) is 5.10 Å². The summed E-state index contributed by atoms with van der Waals surface area (Å²) in [6.45, 7) is 4.02. The van der Waals surface area contributed by atoms with Gasteiger partial charge in [0.2, 0.25) is 0 Å². The predicted molar refractivity (Wildman–Crippen MR) is 107 cm³/mol. The molecule has 2 bridgehead atoms. The molecule has 3 aromatic heterocycles. The first-order valence-corrected chi connectivity index (χ1v) is 10.4. The van der Waals surface area contributed by atoms with Crippen LogP contribution in [0.4, 0.5) is 11.5 Å². The van der Waals surface area contributed by atoms with Crippen LogP contribution in [0, 0.1) is 0 Å². The van der Waals surface area contributed by atoms with Gasteiger partial charge in [0.15, 0.2) is 11.6 Å². The van der Waals surface area contributed by atoms with E-state index >= 15 is 0 Å². The first-order chi connectivity index (χ1) is 13.8. The molecule has 6 heterocycles. The fraction of sp³-hybridized carbons (Fsp3) is 0.550. The number of nitrogens with one attached hydrogen (secondary N) is 1. The van der Waals surface area contributed by atoms with Crippen molar-refractivity contribution in [2.75, 3.05) is 36.0 Å². The molecule has 0 aliphatic carbocycles. The van der Waals surface area contributed by atoms with Crippen LogP contribution in [0.5, 0.6) is 0 Å². The lowest BCUT2D eigenvalue weighted by atomic mass is 10.1. The van der Waals surface area contributed by atoms with Gasteiger partial charge in [0, 0.05) is 38.4 Å². The van der Waals surface area contributed by atoms with E-state index in [1.165, 1.54) is 24.9 Å². The lowest BCUT2D eigenvalue weighted by Gasteiger charge is -2.34. The number of anilines is 2. The molecule has 0 radical (unpaired) electrons. The van der Waals surface area contributed by atoms with E-state index < -0.39 is 0 Å². The van der Waals surface area contributed by atoms with Crippen molar-refractivity contribution in [1.82, 2.24) is 24.8 Å². The molecular weight excluding hydrogens is 354 g/mol. The number of hydrogen-bond acceptors (Lipinski definition) is 6. The Hall–Kier alpha value is -2.61. The number of aromatic nitrogens is 5. The number of imidazole rings is 1. The molecule has 3 aromatic rings. The summed E-state index contributed by atoms with van der Waals surface area (Å²) < 4.78 is 8.02. The SMILES string of the molecule is c1cc(-c2ncc3c(N4CCCCC4)cc(N4CC5CCC(C4)O5)nn23)n[nH]1. The van der Waals surface area contributed by atoms with Crippen LogP contribution in [0.25, 0.3) is 17.0 Å². The fourth-order valence-electron chi connectivity index (χ4n) is 4.85. The smallest absolute Gasteiger partial charge is 0.182 e. The van der Waals surface area contributed by atoms with Crippen molar-refractivity contribution < 1.29 is 4.74 Å². The maximum absolute atomic E-state index is 6.04. The monoisotopic (exact) mass is 379 g/mol.